The van der Waals surface area contributed by atoms with Crippen molar-refractivity contribution in [3.63, 3.8) is 0 Å². The molecule has 0 radical (unpaired) electrons. The Labute approximate surface area is 105 Å². The van der Waals surface area contributed by atoms with Gasteiger partial charge in [0.15, 0.2) is 0 Å². The first-order chi connectivity index (χ1) is 8.45. The molecule has 1 amide bonds. The maximum atomic E-state index is 12.3. The highest BCUT2D eigenvalue weighted by Crippen LogP contribution is 2.17. The molecule has 1 aromatic carbocycles. The third-order valence-corrected chi connectivity index (χ3v) is 3.16. The lowest BCUT2D eigenvalue weighted by molar-refractivity contribution is 0.0473. The molecule has 0 aliphatic carbocycles. The molecule has 0 unspecified atom stereocenters. The standard InChI is InChI=1S/C12H16N4O2/c1-12(2,7-17)16(3)11(18)8-4-5-9-10(6-8)14-15-13-9/h4-6,17H,7H2,1-3H3,(H,13,14,15). The molecular formula is C12H16N4O2. The van der Waals surface area contributed by atoms with Crippen LogP contribution in [-0.4, -0.2) is 50.5 Å². The van der Waals surface area contributed by atoms with E-state index in [4.69, 9.17) is 0 Å². The molecule has 0 aliphatic heterocycles. The molecule has 0 aliphatic rings. The summed E-state index contributed by atoms with van der Waals surface area (Å²) in [5.41, 5.74) is 1.29. The second-order valence-corrected chi connectivity index (χ2v) is 4.86. The second-order valence-electron chi connectivity index (χ2n) is 4.86. The summed E-state index contributed by atoms with van der Waals surface area (Å²) in [4.78, 5) is 13.8. The van der Waals surface area contributed by atoms with Crippen LogP contribution in [-0.2, 0) is 0 Å². The second kappa shape index (κ2) is 4.38. The number of benzene rings is 1. The van der Waals surface area contributed by atoms with Gasteiger partial charge in [-0.2, -0.15) is 15.4 Å². The van der Waals surface area contributed by atoms with Crippen LogP contribution in [0.2, 0.25) is 0 Å². The molecule has 2 rings (SSSR count). The van der Waals surface area contributed by atoms with Crippen LogP contribution in [0, 0.1) is 0 Å². The van der Waals surface area contributed by atoms with Crippen molar-refractivity contribution in [2.45, 2.75) is 19.4 Å². The fraction of sp³-hybridized carbons (Fsp3) is 0.417. The van der Waals surface area contributed by atoms with Gasteiger partial charge in [-0.1, -0.05) is 0 Å². The van der Waals surface area contributed by atoms with Gasteiger partial charge in [0, 0.05) is 12.6 Å². The van der Waals surface area contributed by atoms with Crippen molar-refractivity contribution in [1.29, 1.82) is 0 Å². The van der Waals surface area contributed by atoms with E-state index in [2.05, 4.69) is 15.4 Å². The molecule has 6 heteroatoms. The Morgan fingerprint density at radius 2 is 2.06 bits per heavy atom. The van der Waals surface area contributed by atoms with E-state index in [1.54, 1.807) is 39.1 Å². The number of rotatable bonds is 3. The molecule has 18 heavy (non-hydrogen) atoms. The Kier molecular flexibility index (Phi) is 3.04. The van der Waals surface area contributed by atoms with Crippen LogP contribution >= 0.6 is 0 Å². The smallest absolute Gasteiger partial charge is 0.254 e. The SMILES string of the molecule is CN(C(=O)c1ccc2n[nH]nc2c1)C(C)(C)CO. The Morgan fingerprint density at radius 3 is 2.72 bits per heavy atom. The van der Waals surface area contributed by atoms with Gasteiger partial charge < -0.3 is 10.0 Å². The topological polar surface area (TPSA) is 82.1 Å². The summed E-state index contributed by atoms with van der Waals surface area (Å²) in [5.74, 6) is -0.154. The zero-order valence-corrected chi connectivity index (χ0v) is 10.6. The fourth-order valence-electron chi connectivity index (χ4n) is 1.55. The van der Waals surface area contributed by atoms with E-state index in [1.165, 1.54) is 4.90 Å². The van der Waals surface area contributed by atoms with E-state index >= 15 is 0 Å². The number of likely N-dealkylation sites (N-methyl/N-ethyl adjacent to an activating group) is 1. The number of aliphatic hydroxyl groups excluding tert-OH is 1. The van der Waals surface area contributed by atoms with Gasteiger partial charge in [0.2, 0.25) is 0 Å². The third-order valence-electron chi connectivity index (χ3n) is 3.16. The summed E-state index contributed by atoms with van der Waals surface area (Å²) in [5, 5.41) is 19.7. The number of nitrogens with one attached hydrogen (secondary N) is 1. The van der Waals surface area contributed by atoms with E-state index in [9.17, 15) is 9.90 Å². The average molecular weight is 248 g/mol. The minimum absolute atomic E-state index is 0.0958. The first kappa shape index (κ1) is 12.5. The van der Waals surface area contributed by atoms with Gasteiger partial charge >= 0.3 is 0 Å². The number of amides is 1. The Bertz CT molecular complexity index is 576. The van der Waals surface area contributed by atoms with E-state index in [-0.39, 0.29) is 12.5 Å². The highest BCUT2D eigenvalue weighted by atomic mass is 16.3. The summed E-state index contributed by atoms with van der Waals surface area (Å²) >= 11 is 0. The van der Waals surface area contributed by atoms with Gasteiger partial charge in [-0.3, -0.25) is 4.79 Å². The predicted octanol–water partition coefficient (Wildman–Crippen LogP) is 0.801. The van der Waals surface area contributed by atoms with Crippen molar-refractivity contribution < 1.29 is 9.90 Å². The number of fused-ring (bicyclic) bond motifs is 1. The van der Waals surface area contributed by atoms with Gasteiger partial charge in [-0.15, -0.1) is 0 Å². The van der Waals surface area contributed by atoms with E-state index < -0.39 is 5.54 Å². The molecule has 2 aromatic rings. The van der Waals surface area contributed by atoms with Crippen molar-refractivity contribution in [1.82, 2.24) is 20.3 Å². The maximum absolute atomic E-state index is 12.3. The van der Waals surface area contributed by atoms with Crippen LogP contribution in [0.3, 0.4) is 0 Å². The summed E-state index contributed by atoms with van der Waals surface area (Å²) in [6.07, 6.45) is 0. The Morgan fingerprint density at radius 1 is 1.39 bits per heavy atom. The van der Waals surface area contributed by atoms with Crippen LogP contribution in [0.1, 0.15) is 24.2 Å². The van der Waals surface area contributed by atoms with Gasteiger partial charge in [0.25, 0.3) is 5.91 Å². The summed E-state index contributed by atoms with van der Waals surface area (Å²) in [6.45, 7) is 3.51. The van der Waals surface area contributed by atoms with E-state index in [0.29, 0.717) is 11.1 Å². The highest BCUT2D eigenvalue weighted by molar-refractivity contribution is 5.97. The monoisotopic (exact) mass is 248 g/mol. The molecule has 1 aromatic heterocycles. The average Bonchev–Trinajstić information content (AvgIpc) is 2.84. The maximum Gasteiger partial charge on any atom is 0.254 e. The fourth-order valence-corrected chi connectivity index (χ4v) is 1.55. The van der Waals surface area contributed by atoms with Gasteiger partial charge in [-0.25, -0.2) is 0 Å². The minimum Gasteiger partial charge on any atom is -0.394 e. The number of hydrogen-bond acceptors (Lipinski definition) is 4. The predicted molar refractivity (Wildman–Crippen MR) is 67.1 cm³/mol. The van der Waals surface area contributed by atoms with Crippen molar-refractivity contribution in [3.05, 3.63) is 23.8 Å². The molecule has 1 heterocycles. The zero-order valence-electron chi connectivity index (χ0n) is 10.6. The molecule has 0 saturated carbocycles. The number of carbonyl (C=O) groups excluding carboxylic acids is 1. The molecule has 6 nitrogen and oxygen atoms in total. The van der Waals surface area contributed by atoms with Gasteiger partial charge in [0.05, 0.1) is 12.1 Å². The lowest BCUT2D eigenvalue weighted by atomic mass is 10.0. The van der Waals surface area contributed by atoms with Gasteiger partial charge in [-0.05, 0) is 32.0 Å². The number of nitrogens with zero attached hydrogens (tertiary/aromatic N) is 3. The lowest BCUT2D eigenvalue weighted by Crippen LogP contribution is -2.47. The number of H-pyrrole nitrogens is 1. The Balaban J connectivity index is 2.33. The molecule has 0 atom stereocenters. The number of hydrogen-bond donors (Lipinski definition) is 2. The largest absolute Gasteiger partial charge is 0.394 e. The molecule has 0 saturated heterocycles. The lowest BCUT2D eigenvalue weighted by Gasteiger charge is -2.33. The van der Waals surface area contributed by atoms with Crippen LogP contribution < -0.4 is 0 Å². The molecule has 96 valence electrons. The molecule has 2 N–H and O–H groups in total. The molecular weight excluding hydrogens is 232 g/mol. The number of aromatic nitrogens is 3. The summed E-state index contributed by atoms with van der Waals surface area (Å²) in [6, 6.07) is 5.13. The molecule has 0 fully saturated rings. The van der Waals surface area contributed by atoms with Crippen LogP contribution in [0.15, 0.2) is 18.2 Å². The van der Waals surface area contributed by atoms with Crippen molar-refractivity contribution in [3.8, 4) is 0 Å². The van der Waals surface area contributed by atoms with Crippen molar-refractivity contribution in [2.75, 3.05) is 13.7 Å². The van der Waals surface area contributed by atoms with Crippen molar-refractivity contribution in [2.24, 2.45) is 0 Å². The normalized spacial score (nSPS) is 11.8. The van der Waals surface area contributed by atoms with E-state index in [0.717, 1.165) is 5.52 Å². The van der Waals surface area contributed by atoms with Crippen LogP contribution in [0.25, 0.3) is 11.0 Å². The van der Waals surface area contributed by atoms with E-state index in [1.807, 2.05) is 0 Å². The first-order valence-corrected chi connectivity index (χ1v) is 5.65. The van der Waals surface area contributed by atoms with Crippen molar-refractivity contribution >= 4 is 16.9 Å². The Hall–Kier alpha value is -1.95. The quantitative estimate of drug-likeness (QED) is 0.841. The van der Waals surface area contributed by atoms with Crippen LogP contribution in [0.5, 0.6) is 0 Å². The first-order valence-electron chi connectivity index (χ1n) is 5.65. The van der Waals surface area contributed by atoms with Gasteiger partial charge in [0.1, 0.15) is 11.0 Å². The number of aliphatic hydroxyl groups is 1. The summed E-state index contributed by atoms with van der Waals surface area (Å²) < 4.78 is 0. The molecule has 0 spiro atoms. The summed E-state index contributed by atoms with van der Waals surface area (Å²) in [7, 11) is 1.67. The third kappa shape index (κ3) is 2.06. The minimum atomic E-state index is -0.601. The highest BCUT2D eigenvalue weighted by Gasteiger charge is 2.27. The number of carbonyl (C=O) groups is 1. The van der Waals surface area contributed by atoms with Crippen LogP contribution in [0.4, 0.5) is 0 Å². The number of aromatic amines is 1. The molecule has 0 bridgehead atoms. The zero-order chi connectivity index (χ0) is 13.3.